The average Bonchev–Trinajstić information content (AvgIpc) is 2.46. The highest BCUT2D eigenvalue weighted by Gasteiger charge is 2.06. The number of halogens is 1. The maximum Gasteiger partial charge on any atom is 0.342 e. The van der Waals surface area contributed by atoms with Crippen LogP contribution in [0.5, 0.6) is 0 Å². The number of hydrazone groups is 1. The molecule has 0 saturated carbocycles. The summed E-state index contributed by atoms with van der Waals surface area (Å²) in [5, 5.41) is 9.30. The van der Waals surface area contributed by atoms with Crippen LogP contribution in [0.2, 0.25) is 0 Å². The highest BCUT2D eigenvalue weighted by atomic mass is 19.1. The van der Waals surface area contributed by atoms with Crippen LogP contribution in [0.3, 0.4) is 0 Å². The van der Waals surface area contributed by atoms with Crippen LogP contribution >= 0.6 is 0 Å². The number of aromatic nitrogens is 3. The summed E-state index contributed by atoms with van der Waals surface area (Å²) >= 11 is 0. The number of carbonyl (C=O) groups is 1. The fourth-order valence-electron chi connectivity index (χ4n) is 1.60. The second kappa shape index (κ2) is 7.07. The van der Waals surface area contributed by atoms with Crippen molar-refractivity contribution in [3.8, 4) is 0 Å². The van der Waals surface area contributed by atoms with Gasteiger partial charge in [0.2, 0.25) is 5.91 Å². The van der Waals surface area contributed by atoms with Crippen molar-refractivity contribution in [2.24, 2.45) is 5.10 Å². The Morgan fingerprint density at radius 3 is 2.95 bits per heavy atom. The zero-order chi connectivity index (χ0) is 15.9. The molecule has 0 aliphatic heterocycles. The van der Waals surface area contributed by atoms with Crippen molar-refractivity contribution >= 4 is 12.1 Å². The SMILES string of the molecule is O=C(CCc1n[nH]c(=O)[nH]c1=O)N/N=C/c1cccc(F)c1. The molecule has 0 saturated heterocycles. The van der Waals surface area contributed by atoms with Crippen LogP contribution in [0.4, 0.5) is 4.39 Å². The van der Waals surface area contributed by atoms with Crippen LogP contribution in [0, 0.1) is 5.82 Å². The van der Waals surface area contributed by atoms with Crippen molar-refractivity contribution in [3.05, 3.63) is 62.2 Å². The predicted molar refractivity (Wildman–Crippen MR) is 75.9 cm³/mol. The Labute approximate surface area is 123 Å². The van der Waals surface area contributed by atoms with Crippen molar-refractivity contribution in [3.63, 3.8) is 0 Å². The Balaban J connectivity index is 1.85. The number of hydrogen-bond donors (Lipinski definition) is 3. The Hall–Kier alpha value is -3.10. The summed E-state index contributed by atoms with van der Waals surface area (Å²) in [5.41, 5.74) is 1.44. The van der Waals surface area contributed by atoms with Crippen molar-refractivity contribution < 1.29 is 9.18 Å². The summed E-state index contributed by atoms with van der Waals surface area (Å²) in [6.07, 6.45) is 1.31. The van der Waals surface area contributed by atoms with E-state index in [1.165, 1.54) is 24.4 Å². The third kappa shape index (κ3) is 4.47. The van der Waals surface area contributed by atoms with Crippen LogP contribution < -0.4 is 16.7 Å². The first-order chi connectivity index (χ1) is 10.5. The van der Waals surface area contributed by atoms with Crippen LogP contribution in [0.1, 0.15) is 17.7 Å². The Morgan fingerprint density at radius 1 is 1.41 bits per heavy atom. The molecule has 1 amide bonds. The molecule has 22 heavy (non-hydrogen) atoms. The molecule has 0 bridgehead atoms. The van der Waals surface area contributed by atoms with E-state index >= 15 is 0 Å². The first-order valence-corrected chi connectivity index (χ1v) is 6.30. The van der Waals surface area contributed by atoms with E-state index in [-0.39, 0.29) is 18.5 Å². The lowest BCUT2D eigenvalue weighted by atomic mass is 10.2. The molecule has 9 heteroatoms. The smallest absolute Gasteiger partial charge is 0.273 e. The molecule has 0 atom stereocenters. The fourth-order valence-corrected chi connectivity index (χ4v) is 1.60. The maximum absolute atomic E-state index is 12.9. The lowest BCUT2D eigenvalue weighted by molar-refractivity contribution is -0.121. The molecule has 0 unspecified atom stereocenters. The number of hydrogen-bond acceptors (Lipinski definition) is 5. The van der Waals surface area contributed by atoms with Gasteiger partial charge in [-0.1, -0.05) is 12.1 Å². The topological polar surface area (TPSA) is 120 Å². The summed E-state index contributed by atoms with van der Waals surface area (Å²) in [4.78, 5) is 35.7. The van der Waals surface area contributed by atoms with Gasteiger partial charge >= 0.3 is 5.69 Å². The third-order valence-electron chi connectivity index (χ3n) is 2.62. The number of nitrogens with zero attached hydrogens (tertiary/aromatic N) is 2. The minimum Gasteiger partial charge on any atom is -0.273 e. The van der Waals surface area contributed by atoms with Gasteiger partial charge < -0.3 is 0 Å². The molecular formula is C13H12FN5O3. The van der Waals surface area contributed by atoms with Crippen molar-refractivity contribution in [2.75, 3.05) is 0 Å². The molecular weight excluding hydrogens is 293 g/mol. The van der Waals surface area contributed by atoms with Gasteiger partial charge in [0.1, 0.15) is 11.5 Å². The van der Waals surface area contributed by atoms with E-state index in [9.17, 15) is 18.8 Å². The van der Waals surface area contributed by atoms with Gasteiger partial charge in [-0.25, -0.2) is 19.7 Å². The molecule has 2 rings (SSSR count). The van der Waals surface area contributed by atoms with Gasteiger partial charge in [-0.2, -0.15) is 10.2 Å². The first-order valence-electron chi connectivity index (χ1n) is 6.30. The van der Waals surface area contributed by atoms with E-state index < -0.39 is 23.0 Å². The Kier molecular flexibility index (Phi) is 4.91. The summed E-state index contributed by atoms with van der Waals surface area (Å²) in [5.74, 6) is -0.848. The number of H-pyrrole nitrogens is 2. The molecule has 114 valence electrons. The van der Waals surface area contributed by atoms with E-state index in [0.29, 0.717) is 5.56 Å². The number of amides is 1. The van der Waals surface area contributed by atoms with Gasteiger partial charge in [-0.15, -0.1) is 0 Å². The molecule has 0 radical (unpaired) electrons. The molecule has 2 aromatic rings. The summed E-state index contributed by atoms with van der Waals surface area (Å²) in [7, 11) is 0. The largest absolute Gasteiger partial charge is 0.342 e. The molecule has 0 aliphatic rings. The van der Waals surface area contributed by atoms with Gasteiger partial charge in [0, 0.05) is 12.8 Å². The van der Waals surface area contributed by atoms with Crippen LogP contribution in [0.15, 0.2) is 39.0 Å². The second-order valence-corrected chi connectivity index (χ2v) is 4.30. The van der Waals surface area contributed by atoms with Gasteiger partial charge in [0.15, 0.2) is 0 Å². The predicted octanol–water partition coefficient (Wildman–Crippen LogP) is -0.320. The van der Waals surface area contributed by atoms with Crippen molar-refractivity contribution in [1.29, 1.82) is 0 Å². The normalized spacial score (nSPS) is 10.8. The number of carbonyl (C=O) groups excluding carboxylic acids is 1. The molecule has 1 aromatic carbocycles. The summed E-state index contributed by atoms with van der Waals surface area (Å²) < 4.78 is 12.9. The van der Waals surface area contributed by atoms with Gasteiger partial charge in [0.05, 0.1) is 6.21 Å². The van der Waals surface area contributed by atoms with Crippen molar-refractivity contribution in [2.45, 2.75) is 12.8 Å². The van der Waals surface area contributed by atoms with Gasteiger partial charge in [-0.05, 0) is 17.7 Å². The number of benzene rings is 1. The number of aromatic amines is 2. The molecule has 3 N–H and O–H groups in total. The van der Waals surface area contributed by atoms with E-state index in [0.717, 1.165) is 0 Å². The minimum atomic E-state index is -0.710. The minimum absolute atomic E-state index is 0.0391. The highest BCUT2D eigenvalue weighted by molar-refractivity contribution is 5.82. The first kappa shape index (κ1) is 15.3. The summed E-state index contributed by atoms with van der Waals surface area (Å²) in [6.45, 7) is 0. The van der Waals surface area contributed by atoms with E-state index in [1.54, 1.807) is 6.07 Å². The average molecular weight is 305 g/mol. The maximum atomic E-state index is 12.9. The second-order valence-electron chi connectivity index (χ2n) is 4.30. The number of aryl methyl sites for hydroxylation is 1. The van der Waals surface area contributed by atoms with E-state index in [4.69, 9.17) is 0 Å². The molecule has 0 fully saturated rings. The molecule has 1 heterocycles. The third-order valence-corrected chi connectivity index (χ3v) is 2.62. The molecule has 8 nitrogen and oxygen atoms in total. The van der Waals surface area contributed by atoms with Crippen LogP contribution in [-0.2, 0) is 11.2 Å². The van der Waals surface area contributed by atoms with Crippen molar-refractivity contribution in [1.82, 2.24) is 20.6 Å². The lowest BCUT2D eigenvalue weighted by Gasteiger charge is -1.99. The van der Waals surface area contributed by atoms with Gasteiger partial charge in [-0.3, -0.25) is 14.6 Å². The molecule has 1 aromatic heterocycles. The molecule has 0 spiro atoms. The fraction of sp³-hybridized carbons (Fsp3) is 0.154. The zero-order valence-electron chi connectivity index (χ0n) is 11.3. The number of rotatable bonds is 5. The number of nitrogens with one attached hydrogen (secondary N) is 3. The standard InChI is InChI=1S/C13H12FN5O3/c14-9-3-1-2-8(6-9)7-15-18-11(20)5-4-10-12(21)16-13(22)19-17-10/h1-3,6-7H,4-5H2,(H,18,20)(H2,16,19,21,22)/b15-7+. The Bertz CT molecular complexity index is 812. The zero-order valence-corrected chi connectivity index (χ0v) is 11.3. The van der Waals surface area contributed by atoms with Crippen LogP contribution in [0.25, 0.3) is 0 Å². The lowest BCUT2D eigenvalue weighted by Crippen LogP contribution is -2.28. The quantitative estimate of drug-likeness (QED) is 0.518. The monoisotopic (exact) mass is 305 g/mol. The summed E-state index contributed by atoms with van der Waals surface area (Å²) in [6, 6.07) is 5.71. The highest BCUT2D eigenvalue weighted by Crippen LogP contribution is 2.00. The van der Waals surface area contributed by atoms with Gasteiger partial charge in [0.25, 0.3) is 5.56 Å². The van der Waals surface area contributed by atoms with E-state index in [2.05, 4.69) is 20.7 Å². The van der Waals surface area contributed by atoms with Crippen LogP contribution in [-0.4, -0.2) is 27.3 Å². The Morgan fingerprint density at radius 2 is 2.23 bits per heavy atom. The van der Waals surface area contributed by atoms with E-state index in [1.807, 2.05) is 4.98 Å². The molecule has 0 aliphatic carbocycles.